The van der Waals surface area contributed by atoms with Crippen LogP contribution < -0.4 is 5.19 Å². The lowest BCUT2D eigenvalue weighted by molar-refractivity contribution is 0.320. The van der Waals surface area contributed by atoms with Gasteiger partial charge in [-0.05, 0) is 55.2 Å². The third-order valence-corrected chi connectivity index (χ3v) is 6.67. The molecular weight excluding hydrogens is 260 g/mol. The Labute approximate surface area is 123 Å². The second-order valence-corrected chi connectivity index (χ2v) is 9.70. The Kier molecular flexibility index (Phi) is 4.79. The molecule has 0 N–H and O–H groups in total. The van der Waals surface area contributed by atoms with Crippen molar-refractivity contribution in [1.29, 1.82) is 0 Å². The average molecular weight is 284 g/mol. The Bertz CT molecular complexity index is 575. The lowest BCUT2D eigenvalue weighted by atomic mass is 10.1. The lowest BCUT2D eigenvalue weighted by Gasteiger charge is -2.25. The van der Waals surface area contributed by atoms with Crippen LogP contribution in [-0.4, -0.2) is 14.9 Å². The van der Waals surface area contributed by atoms with Gasteiger partial charge in [-0.25, -0.2) is 0 Å². The second kappa shape index (κ2) is 6.38. The van der Waals surface area contributed by atoms with Gasteiger partial charge in [-0.3, -0.25) is 0 Å². The van der Waals surface area contributed by atoms with Gasteiger partial charge in [-0.15, -0.1) is 0 Å². The molecule has 0 fully saturated rings. The molecule has 0 radical (unpaired) electrons. The van der Waals surface area contributed by atoms with Gasteiger partial charge in [0.05, 0.1) is 0 Å². The second-order valence-electron chi connectivity index (χ2n) is 5.85. The third-order valence-electron chi connectivity index (χ3n) is 3.89. The van der Waals surface area contributed by atoms with Crippen LogP contribution in [0.2, 0.25) is 13.1 Å². The molecule has 0 aliphatic heterocycles. The van der Waals surface area contributed by atoms with E-state index in [-0.39, 0.29) is 0 Å². The van der Waals surface area contributed by atoms with E-state index in [4.69, 9.17) is 4.43 Å². The molecule has 2 aromatic carbocycles. The molecule has 2 rings (SSSR count). The van der Waals surface area contributed by atoms with Crippen LogP contribution in [0.5, 0.6) is 0 Å². The van der Waals surface area contributed by atoms with Gasteiger partial charge in [0.2, 0.25) is 8.32 Å². The summed E-state index contributed by atoms with van der Waals surface area (Å²) >= 11 is 0. The highest BCUT2D eigenvalue weighted by molar-refractivity contribution is 6.84. The minimum atomic E-state index is -1.80. The van der Waals surface area contributed by atoms with Crippen molar-refractivity contribution < 1.29 is 4.43 Å². The Hall–Kier alpha value is -1.38. The quantitative estimate of drug-likeness (QED) is 0.755. The number of benzene rings is 2. The summed E-state index contributed by atoms with van der Waals surface area (Å²) in [5, 5.41) is 1.41. The van der Waals surface area contributed by atoms with Crippen molar-refractivity contribution in [2.24, 2.45) is 0 Å². The Morgan fingerprint density at radius 1 is 0.850 bits per heavy atom. The maximum absolute atomic E-state index is 6.29. The molecule has 0 bridgehead atoms. The molecule has 20 heavy (non-hydrogen) atoms. The lowest BCUT2D eigenvalue weighted by Crippen LogP contribution is -2.46. The summed E-state index contributed by atoms with van der Waals surface area (Å²) in [6.07, 6.45) is 0.995. The Balaban J connectivity index is 2.00. The molecule has 2 heteroatoms. The number of rotatable bonds is 5. The first kappa shape index (κ1) is 15.0. The zero-order valence-corrected chi connectivity index (χ0v) is 13.9. The Morgan fingerprint density at radius 3 is 2.10 bits per heavy atom. The first-order valence-electron chi connectivity index (χ1n) is 7.25. The van der Waals surface area contributed by atoms with Gasteiger partial charge in [0.25, 0.3) is 0 Å². The smallest absolute Gasteiger partial charge is 0.218 e. The first-order chi connectivity index (χ1) is 9.50. The molecule has 0 atom stereocenters. The van der Waals surface area contributed by atoms with E-state index in [9.17, 15) is 0 Å². The molecule has 0 spiro atoms. The van der Waals surface area contributed by atoms with Gasteiger partial charge in [-0.1, -0.05) is 48.5 Å². The molecule has 0 saturated heterocycles. The summed E-state index contributed by atoms with van der Waals surface area (Å²) in [5.41, 5.74) is 4.09. The zero-order valence-electron chi connectivity index (χ0n) is 12.9. The third kappa shape index (κ3) is 3.59. The van der Waals surface area contributed by atoms with Crippen molar-refractivity contribution in [2.75, 3.05) is 6.61 Å². The van der Waals surface area contributed by atoms with E-state index in [0.717, 1.165) is 13.0 Å². The van der Waals surface area contributed by atoms with E-state index >= 15 is 0 Å². The van der Waals surface area contributed by atoms with Crippen molar-refractivity contribution in [3.8, 4) is 0 Å². The largest absolute Gasteiger partial charge is 0.413 e. The van der Waals surface area contributed by atoms with Gasteiger partial charge >= 0.3 is 0 Å². The molecule has 0 aliphatic rings. The van der Waals surface area contributed by atoms with Crippen molar-refractivity contribution in [1.82, 2.24) is 0 Å². The summed E-state index contributed by atoms with van der Waals surface area (Å²) in [4.78, 5) is 0. The van der Waals surface area contributed by atoms with Gasteiger partial charge in [0.1, 0.15) is 0 Å². The van der Waals surface area contributed by atoms with Crippen LogP contribution in [0.25, 0.3) is 0 Å². The van der Waals surface area contributed by atoms with Crippen LogP contribution in [0.4, 0.5) is 0 Å². The minimum Gasteiger partial charge on any atom is -0.413 e. The maximum Gasteiger partial charge on any atom is 0.218 e. The Morgan fingerprint density at radius 2 is 1.45 bits per heavy atom. The fraction of sp³-hybridized carbons (Fsp3) is 0.333. The van der Waals surface area contributed by atoms with E-state index in [1.54, 1.807) is 0 Å². The molecule has 0 amide bonds. The molecule has 0 aliphatic carbocycles. The van der Waals surface area contributed by atoms with Crippen molar-refractivity contribution in [3.63, 3.8) is 0 Å². The van der Waals surface area contributed by atoms with Crippen LogP contribution in [0.1, 0.15) is 16.7 Å². The van der Waals surface area contributed by atoms with Crippen molar-refractivity contribution in [3.05, 3.63) is 65.2 Å². The molecular formula is C18H24OSi. The van der Waals surface area contributed by atoms with Crippen LogP contribution in [0, 0.1) is 13.8 Å². The predicted molar refractivity (Wildman–Crippen MR) is 89.1 cm³/mol. The monoisotopic (exact) mass is 284 g/mol. The van der Waals surface area contributed by atoms with Gasteiger partial charge in [0.15, 0.2) is 0 Å². The molecule has 0 aromatic heterocycles. The molecule has 0 unspecified atom stereocenters. The standard InChI is InChI=1S/C18H24OSi/c1-15-9-5-7-11-17(15)13-14-19-20(3,4)18-12-8-6-10-16(18)2/h5-12H,13-14H2,1-4H3. The van der Waals surface area contributed by atoms with Crippen molar-refractivity contribution >= 4 is 13.5 Å². The van der Waals surface area contributed by atoms with E-state index in [2.05, 4.69) is 75.5 Å². The summed E-state index contributed by atoms with van der Waals surface area (Å²) in [6, 6.07) is 17.2. The summed E-state index contributed by atoms with van der Waals surface area (Å²) in [7, 11) is -1.80. The summed E-state index contributed by atoms with van der Waals surface area (Å²) < 4.78 is 6.29. The normalized spacial score (nSPS) is 11.6. The minimum absolute atomic E-state index is 0.804. The average Bonchev–Trinajstić information content (AvgIpc) is 2.41. The highest BCUT2D eigenvalue weighted by atomic mass is 28.4. The topological polar surface area (TPSA) is 9.23 Å². The zero-order chi connectivity index (χ0) is 14.6. The number of hydrogen-bond donors (Lipinski definition) is 0. The van der Waals surface area contributed by atoms with Crippen LogP contribution >= 0.6 is 0 Å². The highest BCUT2D eigenvalue weighted by Gasteiger charge is 2.26. The molecule has 2 aromatic rings. The van der Waals surface area contributed by atoms with E-state index < -0.39 is 8.32 Å². The van der Waals surface area contributed by atoms with Crippen LogP contribution in [0.15, 0.2) is 48.5 Å². The van der Waals surface area contributed by atoms with Gasteiger partial charge in [0, 0.05) is 6.61 Å². The van der Waals surface area contributed by atoms with Crippen molar-refractivity contribution in [2.45, 2.75) is 33.4 Å². The predicted octanol–water partition coefficient (Wildman–Crippen LogP) is 3.97. The fourth-order valence-electron chi connectivity index (χ4n) is 2.63. The summed E-state index contributed by atoms with van der Waals surface area (Å²) in [5.74, 6) is 0. The molecule has 0 heterocycles. The van der Waals surface area contributed by atoms with Gasteiger partial charge < -0.3 is 4.43 Å². The molecule has 1 nitrogen and oxygen atoms in total. The fourth-order valence-corrected chi connectivity index (χ4v) is 4.93. The molecule has 0 saturated carbocycles. The van der Waals surface area contributed by atoms with E-state index in [1.807, 2.05) is 0 Å². The van der Waals surface area contributed by atoms with Crippen LogP contribution in [0.3, 0.4) is 0 Å². The van der Waals surface area contributed by atoms with Crippen LogP contribution in [-0.2, 0) is 10.8 Å². The molecule has 106 valence electrons. The first-order valence-corrected chi connectivity index (χ1v) is 10.2. The van der Waals surface area contributed by atoms with E-state index in [1.165, 1.54) is 21.9 Å². The van der Waals surface area contributed by atoms with E-state index in [0.29, 0.717) is 0 Å². The highest BCUT2D eigenvalue weighted by Crippen LogP contribution is 2.12. The number of aryl methyl sites for hydroxylation is 2. The van der Waals surface area contributed by atoms with Gasteiger partial charge in [-0.2, -0.15) is 0 Å². The number of hydrogen-bond acceptors (Lipinski definition) is 1. The SMILES string of the molecule is Cc1ccccc1CCO[Si](C)(C)c1ccccc1C. The summed E-state index contributed by atoms with van der Waals surface area (Å²) in [6.45, 7) is 9.72. The maximum atomic E-state index is 6.29.